The second-order valence-electron chi connectivity index (χ2n) is 5.81. The molecule has 0 aliphatic heterocycles. The van der Waals surface area contributed by atoms with Crippen LogP contribution in [-0.4, -0.2) is 0 Å². The van der Waals surface area contributed by atoms with E-state index in [1.807, 2.05) is 24.3 Å². The van der Waals surface area contributed by atoms with Crippen LogP contribution >= 0.6 is 11.6 Å². The third kappa shape index (κ3) is 3.63. The third-order valence-corrected chi connectivity index (χ3v) is 4.37. The molecule has 2 unspecified atom stereocenters. The van der Waals surface area contributed by atoms with Gasteiger partial charge in [-0.2, -0.15) is 0 Å². The molecule has 0 spiro atoms. The van der Waals surface area contributed by atoms with Gasteiger partial charge in [0.1, 0.15) is 5.82 Å². The van der Waals surface area contributed by atoms with E-state index in [0.717, 1.165) is 5.02 Å². The van der Waals surface area contributed by atoms with E-state index in [1.165, 1.54) is 24.0 Å². The lowest BCUT2D eigenvalue weighted by molar-refractivity contribution is 0.427. The van der Waals surface area contributed by atoms with Gasteiger partial charge < -0.3 is 5.32 Å². The summed E-state index contributed by atoms with van der Waals surface area (Å²) in [5.41, 5.74) is 2.38. The van der Waals surface area contributed by atoms with Gasteiger partial charge in [-0.3, -0.25) is 0 Å². The minimum absolute atomic E-state index is 0.181. The first kappa shape index (κ1) is 14.6. The Hall–Kier alpha value is -1.38. The molecule has 3 rings (SSSR count). The largest absolute Gasteiger partial charge is 0.303 e. The number of hydrogen-bond acceptors (Lipinski definition) is 1. The summed E-state index contributed by atoms with van der Waals surface area (Å²) >= 11 is 5.94. The van der Waals surface area contributed by atoms with Crippen molar-refractivity contribution in [3.63, 3.8) is 0 Å². The van der Waals surface area contributed by atoms with Gasteiger partial charge in [-0.1, -0.05) is 35.9 Å². The standard InChI is InChI=1S/C18H19ClFN/c1-12(13-4-8-16(19)9-5-13)21-18(14-2-3-14)15-6-10-17(20)11-7-15/h4-12,14,18,21H,2-3H2,1H3. The molecule has 0 aromatic heterocycles. The van der Waals surface area contributed by atoms with Crippen LogP contribution in [0.1, 0.15) is 43.0 Å². The summed E-state index contributed by atoms with van der Waals surface area (Å²) in [6.45, 7) is 2.15. The van der Waals surface area contributed by atoms with Gasteiger partial charge in [0.05, 0.1) is 0 Å². The van der Waals surface area contributed by atoms with E-state index in [1.54, 1.807) is 12.1 Å². The predicted molar refractivity (Wildman–Crippen MR) is 84.9 cm³/mol. The summed E-state index contributed by atoms with van der Waals surface area (Å²) in [6, 6.07) is 15.3. The molecule has 1 nitrogen and oxygen atoms in total. The Morgan fingerprint density at radius 3 is 2.14 bits per heavy atom. The Balaban J connectivity index is 1.76. The van der Waals surface area contributed by atoms with E-state index in [2.05, 4.69) is 24.4 Å². The summed E-state index contributed by atoms with van der Waals surface area (Å²) < 4.78 is 13.1. The Kier molecular flexibility index (Phi) is 4.27. The average molecular weight is 304 g/mol. The van der Waals surface area contributed by atoms with E-state index in [4.69, 9.17) is 11.6 Å². The molecule has 21 heavy (non-hydrogen) atoms. The van der Waals surface area contributed by atoms with Crippen LogP contribution in [0.3, 0.4) is 0 Å². The molecule has 3 heteroatoms. The molecule has 1 aliphatic carbocycles. The molecule has 0 amide bonds. The van der Waals surface area contributed by atoms with Gasteiger partial charge in [0, 0.05) is 17.1 Å². The van der Waals surface area contributed by atoms with Crippen molar-refractivity contribution in [3.05, 3.63) is 70.5 Å². The van der Waals surface area contributed by atoms with Gasteiger partial charge >= 0.3 is 0 Å². The molecular weight excluding hydrogens is 285 g/mol. The predicted octanol–water partition coefficient (Wildman–Crippen LogP) is 5.28. The van der Waals surface area contributed by atoms with Crippen LogP contribution in [0.15, 0.2) is 48.5 Å². The van der Waals surface area contributed by atoms with Gasteiger partial charge in [-0.15, -0.1) is 0 Å². The van der Waals surface area contributed by atoms with Crippen molar-refractivity contribution in [2.75, 3.05) is 0 Å². The maximum atomic E-state index is 13.1. The van der Waals surface area contributed by atoms with E-state index in [-0.39, 0.29) is 17.9 Å². The molecule has 2 aromatic carbocycles. The minimum atomic E-state index is -0.181. The highest BCUT2D eigenvalue weighted by Crippen LogP contribution is 2.42. The van der Waals surface area contributed by atoms with Crippen molar-refractivity contribution in [1.29, 1.82) is 0 Å². The van der Waals surface area contributed by atoms with Crippen LogP contribution in [0.2, 0.25) is 5.02 Å². The quantitative estimate of drug-likeness (QED) is 0.792. The molecule has 1 aliphatic rings. The van der Waals surface area contributed by atoms with E-state index < -0.39 is 0 Å². The summed E-state index contributed by atoms with van der Waals surface area (Å²) in [6.07, 6.45) is 2.48. The van der Waals surface area contributed by atoms with Crippen LogP contribution in [0, 0.1) is 11.7 Å². The minimum Gasteiger partial charge on any atom is -0.303 e. The Morgan fingerprint density at radius 1 is 1.00 bits per heavy atom. The van der Waals surface area contributed by atoms with Crippen LogP contribution in [0.4, 0.5) is 4.39 Å². The lowest BCUT2D eigenvalue weighted by atomic mass is 9.99. The molecular formula is C18H19ClFN. The van der Waals surface area contributed by atoms with Gasteiger partial charge in [0.15, 0.2) is 0 Å². The molecule has 2 aromatic rings. The SMILES string of the molecule is CC(NC(c1ccc(F)cc1)C1CC1)c1ccc(Cl)cc1. The smallest absolute Gasteiger partial charge is 0.123 e. The molecule has 0 radical (unpaired) electrons. The monoisotopic (exact) mass is 303 g/mol. The highest BCUT2D eigenvalue weighted by atomic mass is 35.5. The molecule has 0 saturated heterocycles. The number of benzene rings is 2. The van der Waals surface area contributed by atoms with Crippen LogP contribution < -0.4 is 5.32 Å². The highest BCUT2D eigenvalue weighted by molar-refractivity contribution is 6.30. The van der Waals surface area contributed by atoms with Crippen molar-refractivity contribution in [3.8, 4) is 0 Å². The number of hydrogen-bond donors (Lipinski definition) is 1. The molecule has 2 atom stereocenters. The summed E-state index contributed by atoms with van der Waals surface area (Å²) in [7, 11) is 0. The molecule has 0 bridgehead atoms. The van der Waals surface area contributed by atoms with E-state index in [0.29, 0.717) is 5.92 Å². The first-order valence-electron chi connectivity index (χ1n) is 7.40. The Labute approximate surface area is 130 Å². The maximum Gasteiger partial charge on any atom is 0.123 e. The molecule has 1 saturated carbocycles. The van der Waals surface area contributed by atoms with Crippen LogP contribution in [0.5, 0.6) is 0 Å². The van der Waals surface area contributed by atoms with Crippen molar-refractivity contribution in [1.82, 2.24) is 5.32 Å². The topological polar surface area (TPSA) is 12.0 Å². The molecule has 0 heterocycles. The van der Waals surface area contributed by atoms with Crippen LogP contribution in [-0.2, 0) is 0 Å². The highest BCUT2D eigenvalue weighted by Gasteiger charge is 2.33. The number of nitrogens with one attached hydrogen (secondary N) is 1. The van der Waals surface area contributed by atoms with Crippen molar-refractivity contribution in [2.24, 2.45) is 5.92 Å². The zero-order chi connectivity index (χ0) is 14.8. The molecule has 1 N–H and O–H groups in total. The maximum absolute atomic E-state index is 13.1. The van der Waals surface area contributed by atoms with Crippen molar-refractivity contribution < 1.29 is 4.39 Å². The fourth-order valence-electron chi connectivity index (χ4n) is 2.72. The van der Waals surface area contributed by atoms with Crippen molar-refractivity contribution in [2.45, 2.75) is 31.8 Å². The van der Waals surface area contributed by atoms with Crippen molar-refractivity contribution >= 4 is 11.6 Å². The third-order valence-electron chi connectivity index (χ3n) is 4.12. The van der Waals surface area contributed by atoms with Gasteiger partial charge in [-0.25, -0.2) is 4.39 Å². The lowest BCUT2D eigenvalue weighted by Crippen LogP contribution is -2.26. The lowest BCUT2D eigenvalue weighted by Gasteiger charge is -2.24. The van der Waals surface area contributed by atoms with Gasteiger partial charge in [0.2, 0.25) is 0 Å². The number of rotatable bonds is 5. The first-order valence-corrected chi connectivity index (χ1v) is 7.78. The van der Waals surface area contributed by atoms with Crippen LogP contribution in [0.25, 0.3) is 0 Å². The first-order chi connectivity index (χ1) is 10.1. The fraction of sp³-hybridized carbons (Fsp3) is 0.333. The Bertz CT molecular complexity index is 590. The molecule has 110 valence electrons. The summed E-state index contributed by atoms with van der Waals surface area (Å²) in [4.78, 5) is 0. The second-order valence-corrected chi connectivity index (χ2v) is 6.24. The molecule has 1 fully saturated rings. The van der Waals surface area contributed by atoms with E-state index in [9.17, 15) is 4.39 Å². The number of halogens is 2. The summed E-state index contributed by atoms with van der Waals surface area (Å²) in [5, 5.41) is 4.44. The average Bonchev–Trinajstić information content (AvgIpc) is 3.31. The fourth-order valence-corrected chi connectivity index (χ4v) is 2.85. The van der Waals surface area contributed by atoms with Gasteiger partial charge in [0.25, 0.3) is 0 Å². The second kappa shape index (κ2) is 6.17. The van der Waals surface area contributed by atoms with E-state index >= 15 is 0 Å². The normalized spacial score (nSPS) is 17.5. The Morgan fingerprint density at radius 2 is 1.57 bits per heavy atom. The zero-order valence-corrected chi connectivity index (χ0v) is 12.8. The summed E-state index contributed by atoms with van der Waals surface area (Å²) in [5.74, 6) is 0.476. The van der Waals surface area contributed by atoms with Gasteiger partial charge in [-0.05, 0) is 61.1 Å². The zero-order valence-electron chi connectivity index (χ0n) is 12.0.